The third-order valence-corrected chi connectivity index (χ3v) is 4.91. The monoisotopic (exact) mass is 198 g/mol. The van der Waals surface area contributed by atoms with Gasteiger partial charge in [-0.2, -0.15) is 0 Å². The highest BCUT2D eigenvalue weighted by atomic mass is 16.6. The SMILES string of the molecule is O=C1O[C@H]2[C@H]3c4ccccc4[C@H]4[C@@H]2[C@@H]4[C@@H]13. The van der Waals surface area contributed by atoms with E-state index >= 15 is 0 Å². The third-order valence-electron chi connectivity index (χ3n) is 4.91. The van der Waals surface area contributed by atoms with E-state index in [1.54, 1.807) is 0 Å². The Hall–Kier alpha value is -1.31. The summed E-state index contributed by atoms with van der Waals surface area (Å²) in [5, 5.41) is 0. The molecular weight excluding hydrogens is 188 g/mol. The average molecular weight is 198 g/mol. The first kappa shape index (κ1) is 7.04. The highest BCUT2D eigenvalue weighted by molar-refractivity contribution is 5.82. The third kappa shape index (κ3) is 0.543. The lowest BCUT2D eigenvalue weighted by Crippen LogP contribution is -2.24. The molecule has 0 aromatic heterocycles. The molecule has 0 radical (unpaired) electrons. The van der Waals surface area contributed by atoms with Crippen LogP contribution in [0.15, 0.2) is 24.3 Å². The van der Waals surface area contributed by atoms with Crippen molar-refractivity contribution in [2.24, 2.45) is 17.8 Å². The number of hydrogen-bond acceptors (Lipinski definition) is 2. The fourth-order valence-corrected chi connectivity index (χ4v) is 4.50. The molecule has 0 unspecified atom stereocenters. The minimum absolute atomic E-state index is 0.0725. The number of benzene rings is 1. The number of carbonyl (C=O) groups excluding carboxylic acids is 1. The molecule has 1 saturated heterocycles. The van der Waals surface area contributed by atoms with E-state index in [1.165, 1.54) is 11.1 Å². The van der Waals surface area contributed by atoms with Gasteiger partial charge < -0.3 is 4.74 Å². The van der Waals surface area contributed by atoms with E-state index in [2.05, 4.69) is 24.3 Å². The zero-order chi connectivity index (χ0) is 9.73. The molecule has 5 aliphatic rings. The van der Waals surface area contributed by atoms with E-state index in [1.807, 2.05) is 0 Å². The Morgan fingerprint density at radius 2 is 1.67 bits per heavy atom. The molecule has 74 valence electrons. The van der Waals surface area contributed by atoms with Gasteiger partial charge in [0.2, 0.25) is 0 Å². The molecule has 2 heteroatoms. The van der Waals surface area contributed by atoms with E-state index in [9.17, 15) is 4.79 Å². The van der Waals surface area contributed by atoms with Crippen LogP contribution in [0.3, 0.4) is 0 Å². The maximum absolute atomic E-state index is 11.7. The number of hydrogen-bond donors (Lipinski definition) is 0. The summed E-state index contributed by atoms with van der Waals surface area (Å²) in [6, 6.07) is 8.62. The highest BCUT2D eigenvalue weighted by Gasteiger charge is 2.78. The molecular formula is C13H10O2. The van der Waals surface area contributed by atoms with Crippen LogP contribution in [0.25, 0.3) is 0 Å². The molecule has 0 amide bonds. The van der Waals surface area contributed by atoms with Gasteiger partial charge in [-0.15, -0.1) is 0 Å². The molecule has 6 atom stereocenters. The summed E-state index contributed by atoms with van der Waals surface area (Å²) in [5.74, 6) is 2.63. The van der Waals surface area contributed by atoms with Crippen LogP contribution in [0, 0.1) is 17.8 Å². The Morgan fingerprint density at radius 1 is 0.933 bits per heavy atom. The van der Waals surface area contributed by atoms with E-state index in [4.69, 9.17) is 4.74 Å². The normalized spacial score (nSPS) is 51.3. The van der Waals surface area contributed by atoms with Crippen LogP contribution in [0.1, 0.15) is 23.0 Å². The molecule has 1 aromatic carbocycles. The van der Waals surface area contributed by atoms with Gasteiger partial charge in [-0.3, -0.25) is 4.79 Å². The second-order valence-electron chi connectivity index (χ2n) is 5.26. The van der Waals surface area contributed by atoms with Crippen molar-refractivity contribution < 1.29 is 9.53 Å². The molecule has 2 saturated carbocycles. The molecule has 0 spiro atoms. The van der Waals surface area contributed by atoms with Crippen molar-refractivity contribution in [2.75, 3.05) is 0 Å². The first-order valence-corrected chi connectivity index (χ1v) is 5.67. The average Bonchev–Trinajstić information content (AvgIpc) is 2.84. The molecule has 4 aliphatic carbocycles. The zero-order valence-corrected chi connectivity index (χ0v) is 8.09. The Morgan fingerprint density at radius 3 is 2.40 bits per heavy atom. The van der Waals surface area contributed by atoms with Gasteiger partial charge in [0.25, 0.3) is 0 Å². The van der Waals surface area contributed by atoms with Gasteiger partial charge in [-0.05, 0) is 23.0 Å². The van der Waals surface area contributed by atoms with E-state index in [0.29, 0.717) is 23.7 Å². The van der Waals surface area contributed by atoms with Gasteiger partial charge in [0, 0.05) is 11.8 Å². The van der Waals surface area contributed by atoms with Crippen LogP contribution in [0.5, 0.6) is 0 Å². The summed E-state index contributed by atoms with van der Waals surface area (Å²) in [6.07, 6.45) is 0.229. The smallest absolute Gasteiger partial charge is 0.310 e. The topological polar surface area (TPSA) is 26.3 Å². The van der Waals surface area contributed by atoms with Crippen molar-refractivity contribution in [2.45, 2.75) is 17.9 Å². The maximum atomic E-state index is 11.7. The van der Waals surface area contributed by atoms with Gasteiger partial charge in [-0.25, -0.2) is 0 Å². The fourth-order valence-electron chi connectivity index (χ4n) is 4.50. The van der Waals surface area contributed by atoms with E-state index in [0.717, 1.165) is 0 Å². The van der Waals surface area contributed by atoms with Crippen molar-refractivity contribution >= 4 is 5.97 Å². The number of esters is 1. The molecule has 2 nitrogen and oxygen atoms in total. The summed E-state index contributed by atoms with van der Waals surface area (Å²) in [4.78, 5) is 11.7. The van der Waals surface area contributed by atoms with Gasteiger partial charge in [0.05, 0.1) is 5.92 Å². The standard InChI is InChI=1S/C13H10O2/c14-13-11-8-6-4-2-1-3-5(6)7-9(11)10(7)12(8)15-13/h1-4,7-12H/t7-,8+,9-,10-,11+,12+/m1/s1. The lowest BCUT2D eigenvalue weighted by Gasteiger charge is -2.27. The van der Waals surface area contributed by atoms with E-state index in [-0.39, 0.29) is 18.0 Å². The molecule has 3 fully saturated rings. The first-order valence-electron chi connectivity index (χ1n) is 5.67. The van der Waals surface area contributed by atoms with Crippen molar-refractivity contribution in [1.82, 2.24) is 0 Å². The van der Waals surface area contributed by atoms with Crippen LogP contribution in [0.4, 0.5) is 0 Å². The van der Waals surface area contributed by atoms with Gasteiger partial charge in [0.15, 0.2) is 0 Å². The molecule has 6 bridgehead atoms. The van der Waals surface area contributed by atoms with Gasteiger partial charge >= 0.3 is 5.97 Å². The Balaban J connectivity index is 1.84. The van der Waals surface area contributed by atoms with Gasteiger partial charge in [-0.1, -0.05) is 24.3 Å². The van der Waals surface area contributed by atoms with Crippen LogP contribution < -0.4 is 0 Å². The zero-order valence-electron chi connectivity index (χ0n) is 8.09. The largest absolute Gasteiger partial charge is 0.461 e. The fraction of sp³-hybridized carbons (Fsp3) is 0.462. The molecule has 15 heavy (non-hydrogen) atoms. The minimum atomic E-state index is 0.0725. The van der Waals surface area contributed by atoms with Crippen LogP contribution in [-0.2, 0) is 9.53 Å². The molecule has 6 rings (SSSR count). The highest BCUT2D eigenvalue weighted by Crippen LogP contribution is 2.77. The minimum Gasteiger partial charge on any atom is -0.461 e. The number of rotatable bonds is 0. The molecule has 1 aliphatic heterocycles. The lowest BCUT2D eigenvalue weighted by molar-refractivity contribution is -0.148. The molecule has 1 heterocycles. The second kappa shape index (κ2) is 1.84. The molecule has 1 aromatic rings. The van der Waals surface area contributed by atoms with Crippen LogP contribution in [-0.4, -0.2) is 12.1 Å². The summed E-state index contributed by atoms with van der Waals surface area (Å²) in [5.41, 5.74) is 2.90. The van der Waals surface area contributed by atoms with Crippen molar-refractivity contribution in [1.29, 1.82) is 0 Å². The van der Waals surface area contributed by atoms with Crippen molar-refractivity contribution in [3.8, 4) is 0 Å². The number of ether oxygens (including phenoxy) is 1. The summed E-state index contributed by atoms with van der Waals surface area (Å²) in [7, 11) is 0. The quantitative estimate of drug-likeness (QED) is 0.593. The molecule has 0 N–H and O–H groups in total. The Bertz CT molecular complexity index is 507. The lowest BCUT2D eigenvalue weighted by atomic mass is 9.74. The second-order valence-corrected chi connectivity index (χ2v) is 5.26. The summed E-state index contributed by atoms with van der Waals surface area (Å²) >= 11 is 0. The van der Waals surface area contributed by atoms with Crippen LogP contribution >= 0.6 is 0 Å². The Labute approximate surface area is 87.2 Å². The predicted octanol–water partition coefficient (Wildman–Crippen LogP) is 1.67. The summed E-state index contributed by atoms with van der Waals surface area (Å²) in [6.45, 7) is 0. The van der Waals surface area contributed by atoms with Crippen molar-refractivity contribution in [3.63, 3.8) is 0 Å². The summed E-state index contributed by atoms with van der Waals surface area (Å²) < 4.78 is 5.47. The predicted molar refractivity (Wildman–Crippen MR) is 52.3 cm³/mol. The maximum Gasteiger partial charge on any atom is 0.310 e. The Kier molecular flexibility index (Phi) is 0.865. The van der Waals surface area contributed by atoms with Gasteiger partial charge in [0.1, 0.15) is 6.10 Å². The van der Waals surface area contributed by atoms with Crippen molar-refractivity contribution in [3.05, 3.63) is 35.4 Å². The van der Waals surface area contributed by atoms with E-state index < -0.39 is 0 Å². The number of carbonyl (C=O) groups is 1. The van der Waals surface area contributed by atoms with Crippen LogP contribution in [0.2, 0.25) is 0 Å². The first-order chi connectivity index (χ1) is 7.38.